The molecule has 0 unspecified atom stereocenters. The highest BCUT2D eigenvalue weighted by Crippen LogP contribution is 2.43. The molecule has 138 valence electrons. The van der Waals surface area contributed by atoms with E-state index in [0.29, 0.717) is 11.1 Å². The van der Waals surface area contributed by atoms with Crippen LogP contribution in [0, 0.1) is 0 Å². The molecule has 1 aliphatic rings. The van der Waals surface area contributed by atoms with Crippen molar-refractivity contribution in [3.63, 3.8) is 0 Å². The maximum atomic E-state index is 12.1. The van der Waals surface area contributed by atoms with Gasteiger partial charge in [0.2, 0.25) is 0 Å². The van der Waals surface area contributed by atoms with Crippen molar-refractivity contribution in [2.45, 2.75) is 22.3 Å². The number of rotatable bonds is 7. The van der Waals surface area contributed by atoms with Gasteiger partial charge < -0.3 is 10.6 Å². The largest absolute Gasteiger partial charge is 0.338 e. The summed E-state index contributed by atoms with van der Waals surface area (Å²) in [5.74, 6) is 3.43. The maximum absolute atomic E-state index is 12.1. The van der Waals surface area contributed by atoms with Crippen LogP contribution in [0.5, 0.6) is 0 Å². The summed E-state index contributed by atoms with van der Waals surface area (Å²) in [6.07, 6.45) is 2.23. The molecule has 3 nitrogen and oxygen atoms in total. The van der Waals surface area contributed by atoms with Gasteiger partial charge in [0, 0.05) is 17.1 Å². The smallest absolute Gasteiger partial charge is 0.319 e. The Kier molecular flexibility index (Phi) is 8.11. The molecular weight excluding hydrogens is 380 g/mol. The average Bonchev–Trinajstić information content (AvgIpc) is 2.69. The summed E-state index contributed by atoms with van der Waals surface area (Å²) in [4.78, 5) is 13.4. The van der Waals surface area contributed by atoms with E-state index in [9.17, 15) is 4.79 Å². The number of nitrogens with one attached hydrogen (secondary N) is 2. The predicted molar refractivity (Wildman–Crippen MR) is 118 cm³/mol. The van der Waals surface area contributed by atoms with Crippen LogP contribution < -0.4 is 10.6 Å². The quantitative estimate of drug-likeness (QED) is 0.448. The number of amides is 2. The molecule has 1 saturated heterocycles. The Hall–Kier alpha value is -1.24. The Balaban J connectivity index is 1.37. The van der Waals surface area contributed by atoms with Gasteiger partial charge in [0.05, 0.1) is 4.58 Å². The lowest BCUT2D eigenvalue weighted by Crippen LogP contribution is -2.29. The molecule has 0 spiro atoms. The minimum atomic E-state index is -0.129. The first-order chi connectivity index (χ1) is 12.8. The van der Waals surface area contributed by atoms with E-state index in [1.54, 1.807) is 0 Å². The van der Waals surface area contributed by atoms with E-state index >= 15 is 0 Å². The van der Waals surface area contributed by atoms with Crippen LogP contribution >= 0.6 is 35.3 Å². The zero-order valence-corrected chi connectivity index (χ0v) is 17.1. The topological polar surface area (TPSA) is 41.1 Å². The molecule has 2 amide bonds. The van der Waals surface area contributed by atoms with Gasteiger partial charge in [-0.2, -0.15) is 0 Å². The summed E-state index contributed by atoms with van der Waals surface area (Å²) in [5.41, 5.74) is 2.15. The van der Waals surface area contributed by atoms with Crippen LogP contribution in [0.2, 0.25) is 0 Å². The van der Waals surface area contributed by atoms with Crippen molar-refractivity contribution in [1.29, 1.82) is 0 Å². The van der Waals surface area contributed by atoms with Crippen molar-refractivity contribution in [3.8, 4) is 0 Å². The summed E-state index contributed by atoms with van der Waals surface area (Å²) in [6, 6.07) is 18.4. The summed E-state index contributed by atoms with van der Waals surface area (Å²) < 4.78 is 0.489. The van der Waals surface area contributed by atoms with E-state index in [2.05, 4.69) is 34.9 Å². The number of urea groups is 1. The third-order valence-corrected chi connectivity index (χ3v) is 7.98. The van der Waals surface area contributed by atoms with E-state index in [0.717, 1.165) is 17.9 Å². The van der Waals surface area contributed by atoms with Gasteiger partial charge >= 0.3 is 6.03 Å². The molecule has 3 rings (SSSR count). The molecular formula is C20H24N2OS3. The minimum Gasteiger partial charge on any atom is -0.338 e. The zero-order chi connectivity index (χ0) is 18.0. The summed E-state index contributed by atoms with van der Waals surface area (Å²) in [6.45, 7) is 0.680. The third kappa shape index (κ3) is 6.49. The Morgan fingerprint density at radius 2 is 1.88 bits per heavy atom. The summed E-state index contributed by atoms with van der Waals surface area (Å²) >= 11 is 5.80. The molecule has 6 heteroatoms. The van der Waals surface area contributed by atoms with E-state index in [1.807, 2.05) is 65.6 Å². The molecule has 2 N–H and O–H groups in total. The number of hydrogen-bond donors (Lipinski definition) is 2. The van der Waals surface area contributed by atoms with Crippen molar-refractivity contribution in [2.24, 2.45) is 0 Å². The van der Waals surface area contributed by atoms with E-state index in [4.69, 9.17) is 0 Å². The first kappa shape index (κ1) is 19.5. The van der Waals surface area contributed by atoms with Gasteiger partial charge in [-0.05, 0) is 59.9 Å². The Morgan fingerprint density at radius 1 is 1.08 bits per heavy atom. The fourth-order valence-electron chi connectivity index (χ4n) is 2.60. The lowest BCUT2D eigenvalue weighted by molar-refractivity contribution is 0.252. The number of hydrogen-bond acceptors (Lipinski definition) is 4. The number of anilines is 1. The Labute approximate surface area is 168 Å². The molecule has 1 heterocycles. The fraction of sp³-hybridized carbons (Fsp3) is 0.350. The molecule has 26 heavy (non-hydrogen) atoms. The molecule has 1 fully saturated rings. The lowest BCUT2D eigenvalue weighted by Gasteiger charge is -2.21. The minimum absolute atomic E-state index is 0.129. The van der Waals surface area contributed by atoms with E-state index in [1.165, 1.54) is 28.4 Å². The van der Waals surface area contributed by atoms with Crippen molar-refractivity contribution < 1.29 is 4.79 Å². The van der Waals surface area contributed by atoms with Crippen LogP contribution in [0.15, 0.2) is 59.5 Å². The molecule has 1 aliphatic heterocycles. The van der Waals surface area contributed by atoms with Gasteiger partial charge in [-0.15, -0.1) is 35.3 Å². The van der Waals surface area contributed by atoms with Gasteiger partial charge in [-0.1, -0.05) is 30.3 Å². The Bertz CT molecular complexity index is 690. The molecule has 0 aromatic heterocycles. The van der Waals surface area contributed by atoms with Crippen molar-refractivity contribution in [1.82, 2.24) is 5.32 Å². The highest BCUT2D eigenvalue weighted by Gasteiger charge is 2.16. The number of carbonyl (C=O) groups is 1. The van der Waals surface area contributed by atoms with Crippen molar-refractivity contribution in [2.75, 3.05) is 29.1 Å². The molecule has 2 aromatic carbocycles. The fourth-order valence-corrected chi connectivity index (χ4v) is 6.35. The number of thioether (sulfide) groups is 3. The normalized spacial score (nSPS) is 14.8. The van der Waals surface area contributed by atoms with Gasteiger partial charge in [-0.25, -0.2) is 4.79 Å². The van der Waals surface area contributed by atoms with Crippen LogP contribution in [0.4, 0.5) is 10.5 Å². The lowest BCUT2D eigenvalue weighted by atomic mass is 10.2. The zero-order valence-electron chi connectivity index (χ0n) is 14.6. The first-order valence-electron chi connectivity index (χ1n) is 8.87. The van der Waals surface area contributed by atoms with E-state index < -0.39 is 0 Å². The second-order valence-corrected chi connectivity index (χ2v) is 9.84. The number of benzene rings is 2. The van der Waals surface area contributed by atoms with Crippen LogP contribution in [-0.4, -0.2) is 29.8 Å². The standard InChI is InChI=1S/C20H24N2OS3/c23-20(21-11-5-12-24-18-9-2-1-3-10-18)22-17-8-4-7-16(15-17)19-25-13-6-14-26-19/h1-4,7-10,15,19H,5-6,11-14H2,(H2,21,22,23). The van der Waals surface area contributed by atoms with Crippen molar-refractivity contribution >= 4 is 47.0 Å². The van der Waals surface area contributed by atoms with Crippen LogP contribution in [0.1, 0.15) is 23.0 Å². The van der Waals surface area contributed by atoms with Crippen LogP contribution in [-0.2, 0) is 0 Å². The van der Waals surface area contributed by atoms with Gasteiger partial charge in [0.25, 0.3) is 0 Å². The molecule has 2 aromatic rings. The van der Waals surface area contributed by atoms with Crippen LogP contribution in [0.25, 0.3) is 0 Å². The predicted octanol–water partition coefficient (Wildman–Crippen LogP) is 5.86. The molecule has 0 atom stereocenters. The molecule has 0 saturated carbocycles. The molecule has 0 aliphatic carbocycles. The highest BCUT2D eigenvalue weighted by molar-refractivity contribution is 8.16. The molecule has 0 radical (unpaired) electrons. The first-order valence-corrected chi connectivity index (χ1v) is 12.0. The van der Waals surface area contributed by atoms with Gasteiger partial charge in [-0.3, -0.25) is 0 Å². The highest BCUT2D eigenvalue weighted by atomic mass is 32.2. The monoisotopic (exact) mass is 404 g/mol. The van der Waals surface area contributed by atoms with Gasteiger partial charge in [0.15, 0.2) is 0 Å². The number of carbonyl (C=O) groups excluding carboxylic acids is 1. The average molecular weight is 405 g/mol. The van der Waals surface area contributed by atoms with Crippen LogP contribution in [0.3, 0.4) is 0 Å². The summed E-state index contributed by atoms with van der Waals surface area (Å²) in [5, 5.41) is 5.90. The second-order valence-electron chi connectivity index (χ2n) is 5.95. The SMILES string of the molecule is O=C(NCCCSc1ccccc1)Nc1cccc(C2SCCCS2)c1. The summed E-state index contributed by atoms with van der Waals surface area (Å²) in [7, 11) is 0. The van der Waals surface area contributed by atoms with E-state index in [-0.39, 0.29) is 6.03 Å². The second kappa shape index (κ2) is 10.8. The van der Waals surface area contributed by atoms with Crippen molar-refractivity contribution in [3.05, 3.63) is 60.2 Å². The molecule has 0 bridgehead atoms. The van der Waals surface area contributed by atoms with Gasteiger partial charge in [0.1, 0.15) is 0 Å². The maximum Gasteiger partial charge on any atom is 0.319 e. The Morgan fingerprint density at radius 3 is 2.69 bits per heavy atom. The third-order valence-electron chi connectivity index (χ3n) is 3.86.